The standard InChI is InChI=1S/C20H23N3O4S/c1-2-27-20(26)15-8-11-28-19(15)22-18(25)13-23-10-9-21-17(24)12-16(23)14-6-4-3-5-7-14/h3-8,11,16H,2,9-10,12-13H2,1H3,(H,21,24)(H,22,25). The van der Waals surface area contributed by atoms with Gasteiger partial charge in [0.15, 0.2) is 0 Å². The summed E-state index contributed by atoms with van der Waals surface area (Å²) in [7, 11) is 0. The molecule has 0 aliphatic carbocycles. The SMILES string of the molecule is CCOC(=O)c1ccsc1NC(=O)CN1CCNC(=O)CC1c1ccccc1. The molecule has 148 valence electrons. The first-order chi connectivity index (χ1) is 13.6. The number of ether oxygens (including phenoxy) is 1. The number of nitrogens with zero attached hydrogens (tertiary/aromatic N) is 1. The Morgan fingerprint density at radius 3 is 2.82 bits per heavy atom. The summed E-state index contributed by atoms with van der Waals surface area (Å²) in [4.78, 5) is 38.7. The van der Waals surface area contributed by atoms with Crippen LogP contribution in [0.2, 0.25) is 0 Å². The summed E-state index contributed by atoms with van der Waals surface area (Å²) in [6, 6.07) is 11.2. The highest BCUT2D eigenvalue weighted by Crippen LogP contribution is 2.27. The lowest BCUT2D eigenvalue weighted by molar-refractivity contribution is -0.122. The van der Waals surface area contributed by atoms with E-state index >= 15 is 0 Å². The van der Waals surface area contributed by atoms with E-state index in [1.54, 1.807) is 18.4 Å². The van der Waals surface area contributed by atoms with Crippen LogP contribution in [0, 0.1) is 0 Å². The van der Waals surface area contributed by atoms with Crippen molar-refractivity contribution >= 4 is 34.1 Å². The molecule has 1 aromatic carbocycles. The number of nitrogens with one attached hydrogen (secondary N) is 2. The second-order valence-corrected chi connectivity index (χ2v) is 7.30. The van der Waals surface area contributed by atoms with Crippen molar-refractivity contribution < 1.29 is 19.1 Å². The van der Waals surface area contributed by atoms with E-state index in [-0.39, 0.29) is 31.0 Å². The maximum atomic E-state index is 12.7. The minimum atomic E-state index is -0.453. The lowest BCUT2D eigenvalue weighted by Crippen LogP contribution is -2.37. The molecule has 0 radical (unpaired) electrons. The second kappa shape index (κ2) is 9.48. The Hall–Kier alpha value is -2.71. The Morgan fingerprint density at radius 2 is 2.07 bits per heavy atom. The van der Waals surface area contributed by atoms with Crippen molar-refractivity contribution in [3.05, 3.63) is 52.9 Å². The zero-order chi connectivity index (χ0) is 19.9. The molecule has 7 nitrogen and oxygen atoms in total. The number of anilines is 1. The molecule has 1 saturated heterocycles. The van der Waals surface area contributed by atoms with Crippen LogP contribution in [-0.4, -0.2) is 48.9 Å². The molecule has 1 aliphatic heterocycles. The molecule has 28 heavy (non-hydrogen) atoms. The van der Waals surface area contributed by atoms with Gasteiger partial charge in [0.25, 0.3) is 0 Å². The van der Waals surface area contributed by atoms with Gasteiger partial charge in [-0.15, -0.1) is 11.3 Å². The normalized spacial score (nSPS) is 17.5. The number of esters is 1. The number of hydrogen-bond donors (Lipinski definition) is 2. The van der Waals surface area contributed by atoms with Gasteiger partial charge in [-0.3, -0.25) is 14.5 Å². The highest BCUT2D eigenvalue weighted by atomic mass is 32.1. The molecule has 1 atom stereocenters. The summed E-state index contributed by atoms with van der Waals surface area (Å²) >= 11 is 1.28. The van der Waals surface area contributed by atoms with Crippen LogP contribution in [0.15, 0.2) is 41.8 Å². The first-order valence-corrected chi connectivity index (χ1v) is 10.1. The number of carbonyl (C=O) groups excluding carboxylic acids is 3. The zero-order valence-corrected chi connectivity index (χ0v) is 16.5. The fourth-order valence-corrected chi connectivity index (χ4v) is 3.98. The van der Waals surface area contributed by atoms with Crippen LogP contribution in [0.3, 0.4) is 0 Å². The van der Waals surface area contributed by atoms with Gasteiger partial charge in [-0.1, -0.05) is 30.3 Å². The fraction of sp³-hybridized carbons (Fsp3) is 0.350. The molecule has 1 aromatic heterocycles. The summed E-state index contributed by atoms with van der Waals surface area (Å²) < 4.78 is 5.02. The van der Waals surface area contributed by atoms with Crippen molar-refractivity contribution in [2.45, 2.75) is 19.4 Å². The smallest absolute Gasteiger partial charge is 0.341 e. The van der Waals surface area contributed by atoms with E-state index in [1.807, 2.05) is 35.2 Å². The topological polar surface area (TPSA) is 87.7 Å². The van der Waals surface area contributed by atoms with Gasteiger partial charge in [0.2, 0.25) is 11.8 Å². The number of rotatable bonds is 6. The van der Waals surface area contributed by atoms with Gasteiger partial charge >= 0.3 is 5.97 Å². The highest BCUT2D eigenvalue weighted by molar-refractivity contribution is 7.14. The quantitative estimate of drug-likeness (QED) is 0.726. The third-order valence-corrected chi connectivity index (χ3v) is 5.32. The average Bonchev–Trinajstić information content (AvgIpc) is 3.06. The van der Waals surface area contributed by atoms with Crippen LogP contribution in [0.5, 0.6) is 0 Å². The molecule has 1 unspecified atom stereocenters. The van der Waals surface area contributed by atoms with Crippen molar-refractivity contribution in [3.8, 4) is 0 Å². The van der Waals surface area contributed by atoms with Crippen molar-refractivity contribution in [1.82, 2.24) is 10.2 Å². The average molecular weight is 401 g/mol. The maximum Gasteiger partial charge on any atom is 0.341 e. The molecule has 2 amide bonds. The molecular formula is C20H23N3O4S. The van der Waals surface area contributed by atoms with Gasteiger partial charge in [-0.2, -0.15) is 0 Å². The fourth-order valence-electron chi connectivity index (χ4n) is 3.19. The second-order valence-electron chi connectivity index (χ2n) is 6.38. The molecule has 0 spiro atoms. The summed E-state index contributed by atoms with van der Waals surface area (Å²) in [6.45, 7) is 3.18. The maximum absolute atomic E-state index is 12.7. The minimum Gasteiger partial charge on any atom is -0.462 e. The van der Waals surface area contributed by atoms with Gasteiger partial charge in [0.05, 0.1) is 18.7 Å². The Bertz CT molecular complexity index is 837. The van der Waals surface area contributed by atoms with Crippen molar-refractivity contribution in [1.29, 1.82) is 0 Å². The Kier molecular flexibility index (Phi) is 6.78. The Balaban J connectivity index is 1.72. The first kappa shape index (κ1) is 20.0. The Morgan fingerprint density at radius 1 is 1.29 bits per heavy atom. The van der Waals surface area contributed by atoms with Crippen LogP contribution in [-0.2, 0) is 14.3 Å². The molecule has 2 N–H and O–H groups in total. The monoisotopic (exact) mass is 401 g/mol. The van der Waals surface area contributed by atoms with Crippen molar-refractivity contribution in [2.75, 3.05) is 31.6 Å². The number of amides is 2. The number of benzene rings is 1. The van der Waals surface area contributed by atoms with Crippen LogP contribution in [0.25, 0.3) is 0 Å². The summed E-state index contributed by atoms with van der Waals surface area (Å²) in [6.07, 6.45) is 0.296. The molecule has 0 bridgehead atoms. The van der Waals surface area contributed by atoms with Crippen LogP contribution in [0.1, 0.15) is 35.3 Å². The summed E-state index contributed by atoms with van der Waals surface area (Å²) in [5.41, 5.74) is 1.35. The molecular weight excluding hydrogens is 378 g/mol. The largest absolute Gasteiger partial charge is 0.462 e. The van der Waals surface area contributed by atoms with E-state index in [0.29, 0.717) is 30.1 Å². The molecule has 2 heterocycles. The van der Waals surface area contributed by atoms with Gasteiger partial charge in [0.1, 0.15) is 5.00 Å². The lowest BCUT2D eigenvalue weighted by atomic mass is 10.0. The number of thiophene rings is 1. The van der Waals surface area contributed by atoms with Gasteiger partial charge < -0.3 is 15.4 Å². The third-order valence-electron chi connectivity index (χ3n) is 4.49. The van der Waals surface area contributed by atoms with Crippen molar-refractivity contribution in [3.63, 3.8) is 0 Å². The predicted octanol–water partition coefficient (Wildman–Crippen LogP) is 2.43. The van der Waals surface area contributed by atoms with Crippen LogP contribution in [0.4, 0.5) is 5.00 Å². The van der Waals surface area contributed by atoms with Crippen LogP contribution < -0.4 is 10.6 Å². The van der Waals surface area contributed by atoms with E-state index in [4.69, 9.17) is 4.74 Å². The molecule has 3 rings (SSSR count). The number of hydrogen-bond acceptors (Lipinski definition) is 6. The Labute approximate surface area is 167 Å². The van der Waals surface area contributed by atoms with Gasteiger partial charge in [-0.05, 0) is 23.9 Å². The molecule has 1 fully saturated rings. The highest BCUT2D eigenvalue weighted by Gasteiger charge is 2.28. The molecule has 8 heteroatoms. The van der Waals surface area contributed by atoms with E-state index in [1.165, 1.54) is 11.3 Å². The van der Waals surface area contributed by atoms with Crippen LogP contribution >= 0.6 is 11.3 Å². The summed E-state index contributed by atoms with van der Waals surface area (Å²) in [5.74, 6) is -0.714. The van der Waals surface area contributed by atoms with Gasteiger partial charge in [0, 0.05) is 25.6 Å². The van der Waals surface area contributed by atoms with E-state index < -0.39 is 5.97 Å². The molecule has 0 saturated carbocycles. The minimum absolute atomic E-state index is 0.0281. The molecule has 2 aromatic rings. The number of carbonyl (C=O) groups is 3. The molecule has 1 aliphatic rings. The summed E-state index contributed by atoms with van der Waals surface area (Å²) in [5, 5.41) is 7.89. The third kappa shape index (κ3) is 4.96. The van der Waals surface area contributed by atoms with Crippen molar-refractivity contribution in [2.24, 2.45) is 0 Å². The zero-order valence-electron chi connectivity index (χ0n) is 15.6. The van der Waals surface area contributed by atoms with E-state index in [9.17, 15) is 14.4 Å². The van der Waals surface area contributed by atoms with E-state index in [2.05, 4.69) is 10.6 Å². The lowest BCUT2D eigenvalue weighted by Gasteiger charge is -2.28. The predicted molar refractivity (Wildman–Crippen MR) is 107 cm³/mol. The van der Waals surface area contributed by atoms with Gasteiger partial charge in [-0.25, -0.2) is 4.79 Å². The van der Waals surface area contributed by atoms with E-state index in [0.717, 1.165) is 5.56 Å². The first-order valence-electron chi connectivity index (χ1n) is 9.18.